The number of imide groups is 1. The van der Waals surface area contributed by atoms with Crippen molar-refractivity contribution in [2.45, 2.75) is 32.2 Å². The fourth-order valence-corrected chi connectivity index (χ4v) is 4.08. The van der Waals surface area contributed by atoms with E-state index in [0.717, 1.165) is 10.5 Å². The second kappa shape index (κ2) is 8.53. The van der Waals surface area contributed by atoms with E-state index in [1.807, 2.05) is 0 Å². The maximum atomic E-state index is 14.0. The van der Waals surface area contributed by atoms with Crippen LogP contribution < -0.4 is 5.73 Å². The molecular formula is C22H22ClFN2O4. The number of aliphatic carboxylic acids is 1. The van der Waals surface area contributed by atoms with Crippen LogP contribution in [0.2, 0.25) is 5.02 Å². The molecule has 2 aromatic rings. The summed E-state index contributed by atoms with van der Waals surface area (Å²) in [5.41, 5.74) is 6.35. The van der Waals surface area contributed by atoms with E-state index in [1.165, 1.54) is 19.1 Å². The van der Waals surface area contributed by atoms with Crippen molar-refractivity contribution in [2.75, 3.05) is 6.54 Å². The van der Waals surface area contributed by atoms with Gasteiger partial charge in [-0.05, 0) is 48.6 Å². The number of nitrogens with two attached hydrogens (primary N) is 1. The van der Waals surface area contributed by atoms with E-state index >= 15 is 0 Å². The van der Waals surface area contributed by atoms with E-state index < -0.39 is 29.2 Å². The van der Waals surface area contributed by atoms with Crippen LogP contribution in [0, 0.1) is 11.2 Å². The number of carbonyl (C=O) groups excluding carboxylic acids is 2. The Morgan fingerprint density at radius 2 is 1.93 bits per heavy atom. The highest BCUT2D eigenvalue weighted by Crippen LogP contribution is 2.37. The summed E-state index contributed by atoms with van der Waals surface area (Å²) >= 11 is 5.94. The summed E-state index contributed by atoms with van der Waals surface area (Å²) in [5, 5.41) is 10.1. The minimum atomic E-state index is -1.69. The van der Waals surface area contributed by atoms with Gasteiger partial charge >= 0.3 is 5.97 Å². The van der Waals surface area contributed by atoms with E-state index in [-0.39, 0.29) is 25.2 Å². The zero-order valence-electron chi connectivity index (χ0n) is 16.4. The molecule has 0 aromatic heterocycles. The normalized spacial score (nSPS) is 19.7. The number of benzene rings is 2. The minimum absolute atomic E-state index is 0.0431. The molecular weight excluding hydrogens is 411 g/mol. The van der Waals surface area contributed by atoms with Gasteiger partial charge in [-0.2, -0.15) is 0 Å². The van der Waals surface area contributed by atoms with Crippen LogP contribution in [0.1, 0.15) is 25.3 Å². The van der Waals surface area contributed by atoms with Gasteiger partial charge in [-0.25, -0.2) is 4.39 Å². The first-order valence-electron chi connectivity index (χ1n) is 9.50. The topological polar surface area (TPSA) is 101 Å². The molecule has 2 atom stereocenters. The Hall–Kier alpha value is -2.77. The van der Waals surface area contributed by atoms with E-state index in [9.17, 15) is 23.9 Å². The van der Waals surface area contributed by atoms with Crippen molar-refractivity contribution in [1.29, 1.82) is 0 Å². The molecule has 1 aliphatic heterocycles. The summed E-state index contributed by atoms with van der Waals surface area (Å²) in [4.78, 5) is 37.0. The maximum Gasteiger partial charge on any atom is 0.319 e. The van der Waals surface area contributed by atoms with Crippen molar-refractivity contribution in [3.05, 3.63) is 58.9 Å². The summed E-state index contributed by atoms with van der Waals surface area (Å²) in [5.74, 6) is -2.83. The average molecular weight is 433 g/mol. The summed E-state index contributed by atoms with van der Waals surface area (Å²) in [6.45, 7) is 1.31. The Morgan fingerprint density at radius 3 is 2.50 bits per heavy atom. The number of halogens is 2. The Labute approximate surface area is 178 Å². The first-order chi connectivity index (χ1) is 14.1. The Kier molecular flexibility index (Phi) is 6.24. The largest absolute Gasteiger partial charge is 0.480 e. The average Bonchev–Trinajstić information content (AvgIpc) is 3.02. The number of amides is 2. The maximum absolute atomic E-state index is 14.0. The molecule has 2 amide bonds. The second-order valence-electron chi connectivity index (χ2n) is 7.60. The van der Waals surface area contributed by atoms with Gasteiger partial charge in [0.1, 0.15) is 11.2 Å². The molecule has 0 bridgehead atoms. The lowest BCUT2D eigenvalue weighted by atomic mass is 9.79. The summed E-state index contributed by atoms with van der Waals surface area (Å²) in [6, 6.07) is 10.7. The molecule has 0 spiro atoms. The fourth-order valence-electron chi connectivity index (χ4n) is 3.91. The van der Waals surface area contributed by atoms with Crippen LogP contribution in [0.3, 0.4) is 0 Å². The van der Waals surface area contributed by atoms with Crippen molar-refractivity contribution in [2.24, 2.45) is 11.1 Å². The van der Waals surface area contributed by atoms with E-state index in [0.29, 0.717) is 22.6 Å². The quantitative estimate of drug-likeness (QED) is 0.682. The number of likely N-dealkylation sites (tertiary alicyclic amines) is 1. The SMILES string of the molecule is CC(=O)N1CCC(C[C@H](N)Cc2ccc(-c3cc(Cl)ccc3F)cc2)(C(=O)O)C1=O. The molecule has 158 valence electrons. The molecule has 30 heavy (non-hydrogen) atoms. The third kappa shape index (κ3) is 4.22. The standard InChI is InChI=1S/C22H22ClFN2O4/c1-13(27)26-9-8-22(20(26)28,21(29)30)12-17(25)10-14-2-4-15(5-3-14)18-11-16(23)6-7-19(18)24/h2-7,11,17H,8-10,12,25H2,1H3,(H,29,30)/t17-,22?/m1/s1. The molecule has 3 rings (SSSR count). The van der Waals surface area contributed by atoms with Crippen LogP contribution in [0.25, 0.3) is 11.1 Å². The van der Waals surface area contributed by atoms with Crippen LogP contribution in [-0.2, 0) is 20.8 Å². The predicted molar refractivity (Wildman–Crippen MR) is 110 cm³/mol. The molecule has 0 radical (unpaired) electrons. The van der Waals surface area contributed by atoms with Gasteiger partial charge in [0.05, 0.1) is 0 Å². The third-order valence-corrected chi connectivity index (χ3v) is 5.74. The Balaban J connectivity index is 1.73. The van der Waals surface area contributed by atoms with Crippen LogP contribution in [0.5, 0.6) is 0 Å². The number of carboxylic acids is 1. The smallest absolute Gasteiger partial charge is 0.319 e. The van der Waals surface area contributed by atoms with Crippen LogP contribution in [0.15, 0.2) is 42.5 Å². The fraction of sp³-hybridized carbons (Fsp3) is 0.318. The van der Waals surface area contributed by atoms with Gasteiger partial charge in [0.2, 0.25) is 11.8 Å². The molecule has 1 fully saturated rings. The Morgan fingerprint density at radius 1 is 1.27 bits per heavy atom. The molecule has 1 aliphatic rings. The van der Waals surface area contributed by atoms with Gasteiger partial charge in [0.15, 0.2) is 0 Å². The second-order valence-corrected chi connectivity index (χ2v) is 8.04. The van der Waals surface area contributed by atoms with Crippen molar-refractivity contribution in [1.82, 2.24) is 4.90 Å². The lowest BCUT2D eigenvalue weighted by molar-refractivity contribution is -0.158. The van der Waals surface area contributed by atoms with Crippen molar-refractivity contribution in [3.63, 3.8) is 0 Å². The van der Waals surface area contributed by atoms with Crippen molar-refractivity contribution < 1.29 is 23.9 Å². The molecule has 0 saturated carbocycles. The van der Waals surface area contributed by atoms with Gasteiger partial charge in [0.25, 0.3) is 0 Å². The lowest BCUT2D eigenvalue weighted by Crippen LogP contribution is -2.45. The molecule has 3 N–H and O–H groups in total. The zero-order valence-corrected chi connectivity index (χ0v) is 17.2. The summed E-state index contributed by atoms with van der Waals surface area (Å²) in [6.07, 6.45) is 0.303. The van der Waals surface area contributed by atoms with Gasteiger partial charge in [0, 0.05) is 30.1 Å². The van der Waals surface area contributed by atoms with Gasteiger partial charge in [-0.1, -0.05) is 35.9 Å². The number of carboxylic acid groups (broad SMARTS) is 1. The molecule has 8 heteroatoms. The van der Waals surface area contributed by atoms with Crippen molar-refractivity contribution in [3.8, 4) is 11.1 Å². The van der Waals surface area contributed by atoms with Gasteiger partial charge in [-0.3, -0.25) is 19.3 Å². The van der Waals surface area contributed by atoms with Crippen LogP contribution in [0.4, 0.5) is 4.39 Å². The lowest BCUT2D eigenvalue weighted by Gasteiger charge is -2.26. The monoisotopic (exact) mass is 432 g/mol. The summed E-state index contributed by atoms with van der Waals surface area (Å²) < 4.78 is 14.0. The zero-order chi connectivity index (χ0) is 22.1. The first-order valence-corrected chi connectivity index (χ1v) is 9.88. The Bertz CT molecular complexity index is 995. The van der Waals surface area contributed by atoms with Crippen LogP contribution in [-0.4, -0.2) is 40.4 Å². The number of hydrogen-bond donors (Lipinski definition) is 2. The van der Waals surface area contributed by atoms with Gasteiger partial charge < -0.3 is 10.8 Å². The number of hydrogen-bond acceptors (Lipinski definition) is 4. The number of carbonyl (C=O) groups is 3. The highest BCUT2D eigenvalue weighted by atomic mass is 35.5. The van der Waals surface area contributed by atoms with E-state index in [1.54, 1.807) is 30.3 Å². The molecule has 1 saturated heterocycles. The number of nitrogens with zero attached hydrogens (tertiary/aromatic N) is 1. The van der Waals surface area contributed by atoms with E-state index in [4.69, 9.17) is 17.3 Å². The molecule has 2 aromatic carbocycles. The molecule has 0 aliphatic carbocycles. The highest BCUT2D eigenvalue weighted by Gasteiger charge is 2.54. The van der Waals surface area contributed by atoms with Gasteiger partial charge in [-0.15, -0.1) is 0 Å². The van der Waals surface area contributed by atoms with E-state index in [2.05, 4.69) is 0 Å². The summed E-state index contributed by atoms with van der Waals surface area (Å²) in [7, 11) is 0. The molecule has 6 nitrogen and oxygen atoms in total. The minimum Gasteiger partial charge on any atom is -0.480 e. The highest BCUT2D eigenvalue weighted by molar-refractivity contribution is 6.30. The van der Waals surface area contributed by atoms with Crippen molar-refractivity contribution >= 4 is 29.4 Å². The van der Waals surface area contributed by atoms with Crippen LogP contribution >= 0.6 is 11.6 Å². The third-order valence-electron chi connectivity index (χ3n) is 5.51. The number of rotatable bonds is 6. The predicted octanol–water partition coefficient (Wildman–Crippen LogP) is 3.26. The molecule has 1 unspecified atom stereocenters. The molecule has 1 heterocycles. The first kappa shape index (κ1) is 21.9.